The van der Waals surface area contributed by atoms with Crippen molar-refractivity contribution in [1.29, 1.82) is 0 Å². The van der Waals surface area contributed by atoms with Crippen molar-refractivity contribution in [2.75, 3.05) is 40.9 Å². The summed E-state index contributed by atoms with van der Waals surface area (Å²) in [5.41, 5.74) is 3.48. The number of carbonyl (C=O) groups excluding carboxylic acids is 1. The van der Waals surface area contributed by atoms with E-state index in [1.165, 1.54) is 5.56 Å². The number of ether oxygens (including phenoxy) is 2. The molecule has 0 saturated heterocycles. The lowest BCUT2D eigenvalue weighted by Gasteiger charge is -2.19. The fraction of sp³-hybridized carbons (Fsp3) is 0.458. The quantitative estimate of drug-likeness (QED) is 0.606. The lowest BCUT2D eigenvalue weighted by molar-refractivity contribution is 0.209. The molecule has 0 fully saturated rings. The number of hydrogen-bond donors (Lipinski definition) is 1. The maximum atomic E-state index is 12.4. The number of amides is 2. The molecule has 2 aromatic carbocycles. The van der Waals surface area contributed by atoms with Crippen LogP contribution in [0.1, 0.15) is 30.5 Å². The van der Waals surface area contributed by atoms with E-state index < -0.39 is 0 Å². The molecule has 0 unspecified atom stereocenters. The zero-order valence-electron chi connectivity index (χ0n) is 18.9. The van der Waals surface area contributed by atoms with E-state index in [1.807, 2.05) is 25.2 Å². The number of hydrogen-bond acceptors (Lipinski definition) is 4. The summed E-state index contributed by atoms with van der Waals surface area (Å²) in [6, 6.07) is 14.2. The second kappa shape index (κ2) is 12.1. The van der Waals surface area contributed by atoms with Gasteiger partial charge in [0.2, 0.25) is 0 Å². The summed E-state index contributed by atoms with van der Waals surface area (Å²) in [4.78, 5) is 16.5. The van der Waals surface area contributed by atoms with E-state index in [4.69, 9.17) is 9.47 Å². The Morgan fingerprint density at radius 3 is 2.10 bits per heavy atom. The molecule has 6 heteroatoms. The van der Waals surface area contributed by atoms with Crippen LogP contribution in [0.5, 0.6) is 11.5 Å². The van der Waals surface area contributed by atoms with Gasteiger partial charge in [-0.25, -0.2) is 4.79 Å². The van der Waals surface area contributed by atoms with Gasteiger partial charge in [-0.15, -0.1) is 0 Å². The lowest BCUT2D eigenvalue weighted by Crippen LogP contribution is -2.38. The Morgan fingerprint density at radius 1 is 0.900 bits per heavy atom. The summed E-state index contributed by atoms with van der Waals surface area (Å²) in [5, 5.41) is 2.99. The Balaban J connectivity index is 1.80. The van der Waals surface area contributed by atoms with Gasteiger partial charge < -0.3 is 19.7 Å². The molecular weight excluding hydrogens is 378 g/mol. The standard InChI is InChI=1S/C24H35N3O3/c1-6-27(7-2)18-21-10-8-20(9-11-21)17-25-24(28)26(3)15-14-19-12-13-22(29-4)23(16-19)30-5/h8-13,16H,6-7,14-15,17-18H2,1-5H3,(H,25,28). The lowest BCUT2D eigenvalue weighted by atomic mass is 10.1. The molecule has 0 heterocycles. The summed E-state index contributed by atoms with van der Waals surface area (Å²) in [6.07, 6.45) is 0.740. The number of benzene rings is 2. The van der Waals surface area contributed by atoms with Crippen molar-refractivity contribution in [3.8, 4) is 11.5 Å². The van der Waals surface area contributed by atoms with E-state index in [0.29, 0.717) is 24.6 Å². The van der Waals surface area contributed by atoms with Gasteiger partial charge in [0.05, 0.1) is 14.2 Å². The molecule has 30 heavy (non-hydrogen) atoms. The minimum absolute atomic E-state index is 0.0808. The normalized spacial score (nSPS) is 10.7. The van der Waals surface area contributed by atoms with Crippen LogP contribution in [0.2, 0.25) is 0 Å². The molecule has 2 aromatic rings. The van der Waals surface area contributed by atoms with Crippen LogP contribution in [-0.2, 0) is 19.5 Å². The van der Waals surface area contributed by atoms with Gasteiger partial charge in [0, 0.05) is 26.7 Å². The van der Waals surface area contributed by atoms with Crippen LogP contribution < -0.4 is 14.8 Å². The predicted octanol–water partition coefficient (Wildman–Crippen LogP) is 3.93. The van der Waals surface area contributed by atoms with Crippen LogP contribution in [0.4, 0.5) is 4.79 Å². The van der Waals surface area contributed by atoms with Crippen LogP contribution in [-0.4, -0.2) is 56.7 Å². The van der Waals surface area contributed by atoms with E-state index in [-0.39, 0.29) is 6.03 Å². The third kappa shape index (κ3) is 6.95. The number of nitrogens with zero attached hydrogens (tertiary/aromatic N) is 2. The molecule has 2 amide bonds. The molecule has 0 aliphatic carbocycles. The minimum Gasteiger partial charge on any atom is -0.493 e. The zero-order chi connectivity index (χ0) is 21.9. The first-order valence-corrected chi connectivity index (χ1v) is 10.5. The first-order valence-electron chi connectivity index (χ1n) is 10.5. The topological polar surface area (TPSA) is 54.0 Å². The van der Waals surface area contributed by atoms with E-state index in [1.54, 1.807) is 19.1 Å². The van der Waals surface area contributed by atoms with Crippen LogP contribution in [0.25, 0.3) is 0 Å². The van der Waals surface area contributed by atoms with Crippen LogP contribution in [0.3, 0.4) is 0 Å². The zero-order valence-corrected chi connectivity index (χ0v) is 18.9. The highest BCUT2D eigenvalue weighted by molar-refractivity contribution is 5.73. The first-order chi connectivity index (χ1) is 14.5. The molecule has 6 nitrogen and oxygen atoms in total. The highest BCUT2D eigenvalue weighted by atomic mass is 16.5. The highest BCUT2D eigenvalue weighted by Crippen LogP contribution is 2.27. The van der Waals surface area contributed by atoms with E-state index in [2.05, 4.69) is 48.3 Å². The molecule has 0 aromatic heterocycles. The largest absolute Gasteiger partial charge is 0.493 e. The smallest absolute Gasteiger partial charge is 0.317 e. The average Bonchev–Trinajstić information content (AvgIpc) is 2.79. The van der Waals surface area contributed by atoms with Gasteiger partial charge >= 0.3 is 6.03 Å². The van der Waals surface area contributed by atoms with Crippen molar-refractivity contribution in [2.24, 2.45) is 0 Å². The Kier molecular flexibility index (Phi) is 9.48. The van der Waals surface area contributed by atoms with Gasteiger partial charge in [0.25, 0.3) is 0 Å². The van der Waals surface area contributed by atoms with Crippen LogP contribution in [0, 0.1) is 0 Å². The van der Waals surface area contributed by atoms with Crippen molar-refractivity contribution in [3.63, 3.8) is 0 Å². The molecule has 0 saturated carbocycles. The Morgan fingerprint density at radius 2 is 1.50 bits per heavy atom. The molecular formula is C24H35N3O3. The minimum atomic E-state index is -0.0808. The number of methoxy groups -OCH3 is 2. The van der Waals surface area contributed by atoms with E-state index >= 15 is 0 Å². The molecule has 1 N–H and O–H groups in total. The van der Waals surface area contributed by atoms with Gasteiger partial charge in [0.15, 0.2) is 11.5 Å². The fourth-order valence-corrected chi connectivity index (χ4v) is 3.22. The number of carbonyl (C=O) groups is 1. The molecule has 0 radical (unpaired) electrons. The Labute approximate surface area is 180 Å². The molecule has 0 aliphatic heterocycles. The number of urea groups is 1. The summed E-state index contributed by atoms with van der Waals surface area (Å²) in [7, 11) is 5.05. The van der Waals surface area contributed by atoms with Crippen LogP contribution >= 0.6 is 0 Å². The van der Waals surface area contributed by atoms with Crippen molar-refractivity contribution in [1.82, 2.24) is 15.1 Å². The first kappa shape index (κ1) is 23.5. The second-order valence-corrected chi connectivity index (χ2v) is 7.30. The summed E-state index contributed by atoms with van der Waals surface area (Å²) >= 11 is 0. The third-order valence-corrected chi connectivity index (χ3v) is 5.30. The summed E-state index contributed by atoms with van der Waals surface area (Å²) in [5.74, 6) is 1.40. The maximum Gasteiger partial charge on any atom is 0.317 e. The molecule has 0 aliphatic rings. The predicted molar refractivity (Wildman–Crippen MR) is 121 cm³/mol. The summed E-state index contributed by atoms with van der Waals surface area (Å²) in [6.45, 7) is 8.53. The average molecular weight is 414 g/mol. The molecule has 2 rings (SSSR count). The van der Waals surface area contributed by atoms with Gasteiger partial charge in [-0.3, -0.25) is 4.90 Å². The van der Waals surface area contributed by atoms with Gasteiger partial charge in [-0.2, -0.15) is 0 Å². The number of rotatable bonds is 11. The van der Waals surface area contributed by atoms with Crippen molar-refractivity contribution in [2.45, 2.75) is 33.4 Å². The van der Waals surface area contributed by atoms with Crippen molar-refractivity contribution >= 4 is 6.03 Å². The highest BCUT2D eigenvalue weighted by Gasteiger charge is 2.10. The second-order valence-electron chi connectivity index (χ2n) is 7.30. The van der Waals surface area contributed by atoms with Crippen LogP contribution in [0.15, 0.2) is 42.5 Å². The maximum absolute atomic E-state index is 12.4. The van der Waals surface area contributed by atoms with E-state index in [0.717, 1.165) is 37.2 Å². The monoisotopic (exact) mass is 413 g/mol. The Bertz CT molecular complexity index is 789. The third-order valence-electron chi connectivity index (χ3n) is 5.30. The molecule has 164 valence electrons. The molecule has 0 atom stereocenters. The van der Waals surface area contributed by atoms with Crippen molar-refractivity contribution < 1.29 is 14.3 Å². The number of likely N-dealkylation sites (N-methyl/N-ethyl adjacent to an activating group) is 1. The van der Waals surface area contributed by atoms with Gasteiger partial charge in [-0.05, 0) is 48.3 Å². The fourth-order valence-electron chi connectivity index (χ4n) is 3.22. The Hall–Kier alpha value is -2.73. The van der Waals surface area contributed by atoms with E-state index in [9.17, 15) is 4.79 Å². The molecule has 0 bridgehead atoms. The van der Waals surface area contributed by atoms with Gasteiger partial charge in [0.1, 0.15) is 0 Å². The summed E-state index contributed by atoms with van der Waals surface area (Å²) < 4.78 is 10.6. The number of nitrogens with one attached hydrogen (secondary N) is 1. The molecule has 0 spiro atoms. The SMILES string of the molecule is CCN(CC)Cc1ccc(CNC(=O)N(C)CCc2ccc(OC)c(OC)c2)cc1. The van der Waals surface area contributed by atoms with Crippen molar-refractivity contribution in [3.05, 3.63) is 59.2 Å². The van der Waals surface area contributed by atoms with Gasteiger partial charge in [-0.1, -0.05) is 44.2 Å².